The zero-order chi connectivity index (χ0) is 25.9. The summed E-state index contributed by atoms with van der Waals surface area (Å²) in [5.74, 6) is -0.185. The predicted octanol–water partition coefficient (Wildman–Crippen LogP) is 5.63. The topological polar surface area (TPSA) is 81.1 Å². The Morgan fingerprint density at radius 1 is 1.08 bits per heavy atom. The zero-order valence-electron chi connectivity index (χ0n) is 20.7. The van der Waals surface area contributed by atoms with E-state index in [-0.39, 0.29) is 12.5 Å². The molecule has 0 radical (unpaired) electrons. The molecular weight excluding hydrogens is 478 g/mol. The molecule has 8 heteroatoms. The fourth-order valence-corrected chi connectivity index (χ4v) is 4.15. The first-order chi connectivity index (χ1) is 17.1. The Hall–Kier alpha value is -3.71. The summed E-state index contributed by atoms with van der Waals surface area (Å²) in [7, 11) is 1.54. The van der Waals surface area contributed by atoms with Crippen molar-refractivity contribution in [3.05, 3.63) is 94.3 Å². The van der Waals surface area contributed by atoms with Gasteiger partial charge in [0, 0.05) is 30.4 Å². The van der Waals surface area contributed by atoms with Gasteiger partial charge >= 0.3 is 5.97 Å². The molecule has 3 aromatic rings. The molecular formula is C28H28ClN3O4. The number of hydrogen-bond donors (Lipinski definition) is 0. The van der Waals surface area contributed by atoms with Crippen LogP contribution in [-0.2, 0) is 22.4 Å². The van der Waals surface area contributed by atoms with E-state index in [1.54, 1.807) is 54.7 Å². The van der Waals surface area contributed by atoms with E-state index in [4.69, 9.17) is 21.1 Å². The highest BCUT2D eigenvalue weighted by Crippen LogP contribution is 2.31. The number of nitrogens with zero attached hydrogens (tertiary/aromatic N) is 3. The van der Waals surface area contributed by atoms with E-state index in [0.29, 0.717) is 34.2 Å². The lowest BCUT2D eigenvalue weighted by Gasteiger charge is -2.31. The van der Waals surface area contributed by atoms with Gasteiger partial charge in [-0.05, 0) is 68.3 Å². The van der Waals surface area contributed by atoms with Crippen LogP contribution in [0.3, 0.4) is 0 Å². The van der Waals surface area contributed by atoms with Gasteiger partial charge in [0.15, 0.2) is 0 Å². The van der Waals surface area contributed by atoms with Gasteiger partial charge < -0.3 is 14.4 Å². The van der Waals surface area contributed by atoms with E-state index in [0.717, 1.165) is 11.1 Å². The van der Waals surface area contributed by atoms with Crippen LogP contribution in [0, 0.1) is 0 Å². The number of aromatic nitrogens is 1. The summed E-state index contributed by atoms with van der Waals surface area (Å²) < 4.78 is 11.2. The highest BCUT2D eigenvalue weighted by Gasteiger charge is 2.34. The molecule has 4 rings (SSSR count). The van der Waals surface area contributed by atoms with Crippen molar-refractivity contribution in [2.75, 3.05) is 7.11 Å². The van der Waals surface area contributed by atoms with Crippen molar-refractivity contribution in [2.45, 2.75) is 45.4 Å². The normalized spacial score (nSPS) is 15.6. The Morgan fingerprint density at radius 3 is 2.47 bits per heavy atom. The molecule has 1 aliphatic rings. The number of carbonyl (C=O) groups is 2. The molecule has 186 valence electrons. The van der Waals surface area contributed by atoms with Gasteiger partial charge in [-0.3, -0.25) is 9.78 Å². The zero-order valence-corrected chi connectivity index (χ0v) is 21.5. The summed E-state index contributed by atoms with van der Waals surface area (Å²) in [6, 6.07) is 15.4. The molecule has 0 aliphatic carbocycles. The van der Waals surface area contributed by atoms with Crippen molar-refractivity contribution in [2.24, 2.45) is 4.99 Å². The van der Waals surface area contributed by atoms with Crippen molar-refractivity contribution in [1.29, 1.82) is 0 Å². The largest absolute Gasteiger partial charge is 0.483 e. The molecule has 1 amide bonds. The first-order valence-corrected chi connectivity index (χ1v) is 12.0. The number of ether oxygens (including phenoxy) is 2. The van der Waals surface area contributed by atoms with Gasteiger partial charge in [0.2, 0.25) is 5.90 Å². The Balaban J connectivity index is 1.69. The van der Waals surface area contributed by atoms with Crippen molar-refractivity contribution in [1.82, 2.24) is 9.88 Å². The van der Waals surface area contributed by atoms with Crippen LogP contribution in [0.4, 0.5) is 5.69 Å². The van der Waals surface area contributed by atoms with Crippen LogP contribution < -0.4 is 0 Å². The number of pyridine rings is 1. The van der Waals surface area contributed by atoms with Gasteiger partial charge in [-0.2, -0.15) is 0 Å². The number of methoxy groups -OCH3 is 1. The first kappa shape index (κ1) is 25.4. The molecule has 0 saturated carbocycles. The molecule has 36 heavy (non-hydrogen) atoms. The van der Waals surface area contributed by atoms with E-state index in [2.05, 4.69) is 9.98 Å². The molecule has 1 atom stereocenters. The van der Waals surface area contributed by atoms with E-state index in [9.17, 15) is 9.59 Å². The molecule has 0 unspecified atom stereocenters. The van der Waals surface area contributed by atoms with Gasteiger partial charge in [-0.25, -0.2) is 9.79 Å². The molecule has 7 nitrogen and oxygen atoms in total. The average molecular weight is 506 g/mol. The minimum absolute atomic E-state index is 0.192. The van der Waals surface area contributed by atoms with Crippen LogP contribution in [0.15, 0.2) is 72.0 Å². The van der Waals surface area contributed by atoms with Gasteiger partial charge in [0.1, 0.15) is 11.6 Å². The van der Waals surface area contributed by atoms with Crippen LogP contribution >= 0.6 is 11.6 Å². The standard InChI is InChI=1S/C28H28ClN3O4/c1-28(2,3)36-27(34)20-9-7-18(8-10-20)17-32-24(14-19-6-5-13-30-16-19)25(35-4)31-23-15-21(29)11-12-22(23)26(32)33/h5-13,15-16,24H,14,17H2,1-4H3/t24-/m1/s1. The van der Waals surface area contributed by atoms with Crippen LogP contribution in [0.1, 0.15) is 52.6 Å². The quantitative estimate of drug-likeness (QED) is 0.419. The highest BCUT2D eigenvalue weighted by molar-refractivity contribution is 6.31. The number of esters is 1. The average Bonchev–Trinajstić information content (AvgIpc) is 2.94. The lowest BCUT2D eigenvalue weighted by molar-refractivity contribution is 0.00693. The summed E-state index contributed by atoms with van der Waals surface area (Å²) in [5, 5.41) is 0.482. The molecule has 2 aromatic carbocycles. The van der Waals surface area contributed by atoms with Gasteiger partial charge in [0.25, 0.3) is 5.91 Å². The number of halogens is 1. The molecule has 0 N–H and O–H groups in total. The van der Waals surface area contributed by atoms with Crippen LogP contribution in [0.25, 0.3) is 0 Å². The van der Waals surface area contributed by atoms with Gasteiger partial charge in [-0.15, -0.1) is 0 Å². The predicted molar refractivity (Wildman–Crippen MR) is 139 cm³/mol. The Bertz CT molecular complexity index is 1280. The van der Waals surface area contributed by atoms with Gasteiger partial charge in [0.05, 0.1) is 23.9 Å². The van der Waals surface area contributed by atoms with E-state index >= 15 is 0 Å². The molecule has 1 aromatic heterocycles. The highest BCUT2D eigenvalue weighted by atomic mass is 35.5. The SMILES string of the molecule is COC1=Nc2cc(Cl)ccc2C(=O)N(Cc2ccc(C(=O)OC(C)(C)C)cc2)[C@@H]1Cc1cccnc1. The third-order valence-electron chi connectivity index (χ3n) is 5.65. The minimum Gasteiger partial charge on any atom is -0.483 e. The summed E-state index contributed by atoms with van der Waals surface area (Å²) >= 11 is 6.20. The number of fused-ring (bicyclic) bond motifs is 1. The minimum atomic E-state index is -0.583. The van der Waals surface area contributed by atoms with E-state index < -0.39 is 17.6 Å². The maximum atomic E-state index is 13.8. The van der Waals surface area contributed by atoms with Crippen LogP contribution in [0.5, 0.6) is 0 Å². The van der Waals surface area contributed by atoms with E-state index in [1.165, 1.54) is 0 Å². The second-order valence-corrected chi connectivity index (χ2v) is 9.97. The third-order valence-corrected chi connectivity index (χ3v) is 5.88. The maximum Gasteiger partial charge on any atom is 0.338 e. The number of rotatable bonds is 5. The van der Waals surface area contributed by atoms with Crippen molar-refractivity contribution in [3.63, 3.8) is 0 Å². The molecule has 0 saturated heterocycles. The number of hydrogen-bond acceptors (Lipinski definition) is 6. The lowest BCUT2D eigenvalue weighted by Crippen LogP contribution is -2.45. The third kappa shape index (κ3) is 5.91. The molecule has 0 spiro atoms. The molecule has 2 heterocycles. The number of carbonyl (C=O) groups excluding carboxylic acids is 2. The fourth-order valence-electron chi connectivity index (χ4n) is 3.98. The second kappa shape index (κ2) is 10.5. The monoisotopic (exact) mass is 505 g/mol. The summed E-state index contributed by atoms with van der Waals surface area (Å²) in [4.78, 5) is 36.9. The van der Waals surface area contributed by atoms with Crippen LogP contribution in [-0.4, -0.2) is 46.4 Å². The second-order valence-electron chi connectivity index (χ2n) is 9.53. The maximum absolute atomic E-state index is 13.8. The van der Waals surface area contributed by atoms with Crippen molar-refractivity contribution in [3.8, 4) is 0 Å². The molecule has 0 fully saturated rings. The Kier molecular flexibility index (Phi) is 7.40. The van der Waals surface area contributed by atoms with Gasteiger partial charge in [-0.1, -0.05) is 29.8 Å². The Labute approximate surface area is 215 Å². The van der Waals surface area contributed by atoms with Crippen molar-refractivity contribution >= 4 is 35.1 Å². The number of aliphatic imine (C=N–C) groups is 1. The first-order valence-electron chi connectivity index (χ1n) is 11.6. The van der Waals surface area contributed by atoms with E-state index in [1.807, 2.05) is 45.0 Å². The molecule has 1 aliphatic heterocycles. The lowest BCUT2D eigenvalue weighted by atomic mass is 10.0. The van der Waals surface area contributed by atoms with Crippen molar-refractivity contribution < 1.29 is 19.1 Å². The number of benzene rings is 2. The summed E-state index contributed by atoms with van der Waals surface area (Å²) in [6.45, 7) is 5.76. The Morgan fingerprint density at radius 2 is 1.83 bits per heavy atom. The smallest absolute Gasteiger partial charge is 0.338 e. The molecule has 0 bridgehead atoms. The fraction of sp³-hybridized carbons (Fsp3) is 0.286. The number of amides is 1. The summed E-state index contributed by atoms with van der Waals surface area (Å²) in [6.07, 6.45) is 3.93. The van der Waals surface area contributed by atoms with Crippen LogP contribution in [0.2, 0.25) is 5.02 Å². The summed E-state index contributed by atoms with van der Waals surface area (Å²) in [5.41, 5.74) is 2.55.